The van der Waals surface area contributed by atoms with Crippen LogP contribution in [0.15, 0.2) is 78.6 Å². The van der Waals surface area contributed by atoms with Gasteiger partial charge in [0.05, 0.1) is 19.4 Å². The number of hydrogen-bond acceptors (Lipinski definition) is 4. The van der Waals surface area contributed by atoms with Crippen LogP contribution in [0.5, 0.6) is 0 Å². The number of guanidine groups is 1. The molecule has 4 aromatic rings. The van der Waals surface area contributed by atoms with Crippen molar-refractivity contribution in [2.45, 2.75) is 26.6 Å². The molecular formula is C24H29IN8. The van der Waals surface area contributed by atoms with Crippen molar-refractivity contribution in [2.24, 2.45) is 12.0 Å². The van der Waals surface area contributed by atoms with Gasteiger partial charge in [-0.2, -0.15) is 5.10 Å². The Kier molecular flexibility index (Phi) is 8.99. The third-order valence-corrected chi connectivity index (χ3v) is 5.18. The molecule has 0 aliphatic carbocycles. The summed E-state index contributed by atoms with van der Waals surface area (Å²) in [5, 5.41) is 10.7. The number of hydrogen-bond donors (Lipinski definition) is 2. The van der Waals surface area contributed by atoms with E-state index in [-0.39, 0.29) is 24.0 Å². The van der Waals surface area contributed by atoms with Gasteiger partial charge >= 0.3 is 0 Å². The fourth-order valence-electron chi connectivity index (χ4n) is 3.47. The molecule has 4 rings (SSSR count). The lowest BCUT2D eigenvalue weighted by molar-refractivity contribution is 0.673. The normalized spacial score (nSPS) is 11.2. The molecule has 0 aliphatic heterocycles. The molecule has 0 aliphatic rings. The van der Waals surface area contributed by atoms with Gasteiger partial charge in [0.25, 0.3) is 0 Å². The van der Waals surface area contributed by atoms with Crippen LogP contribution in [0.1, 0.15) is 23.9 Å². The molecule has 8 nitrogen and oxygen atoms in total. The third-order valence-electron chi connectivity index (χ3n) is 5.18. The Morgan fingerprint density at radius 1 is 1.06 bits per heavy atom. The lowest BCUT2D eigenvalue weighted by Gasteiger charge is -2.13. The van der Waals surface area contributed by atoms with E-state index in [0.29, 0.717) is 13.1 Å². The quantitative estimate of drug-likeness (QED) is 0.197. The van der Waals surface area contributed by atoms with Crippen LogP contribution in [0.4, 0.5) is 0 Å². The van der Waals surface area contributed by atoms with Gasteiger partial charge in [-0.3, -0.25) is 4.68 Å². The van der Waals surface area contributed by atoms with Crippen LogP contribution in [0.2, 0.25) is 0 Å². The van der Waals surface area contributed by atoms with Gasteiger partial charge < -0.3 is 15.2 Å². The molecule has 33 heavy (non-hydrogen) atoms. The number of rotatable bonds is 8. The minimum Gasteiger partial charge on any atom is -0.357 e. The summed E-state index contributed by atoms with van der Waals surface area (Å²) in [6.45, 7) is 4.78. The highest BCUT2D eigenvalue weighted by Crippen LogP contribution is 2.25. The van der Waals surface area contributed by atoms with E-state index in [1.807, 2.05) is 19.6 Å². The van der Waals surface area contributed by atoms with Crippen molar-refractivity contribution in [1.29, 1.82) is 0 Å². The number of aryl methyl sites for hydroxylation is 1. The maximum atomic E-state index is 4.79. The average Bonchev–Trinajstić information content (AvgIpc) is 3.48. The zero-order valence-electron chi connectivity index (χ0n) is 18.8. The Morgan fingerprint density at radius 2 is 1.88 bits per heavy atom. The summed E-state index contributed by atoms with van der Waals surface area (Å²) in [6.07, 6.45) is 7.16. The summed E-state index contributed by atoms with van der Waals surface area (Å²) in [7, 11) is 1.88. The van der Waals surface area contributed by atoms with Crippen molar-refractivity contribution in [3.63, 3.8) is 0 Å². The van der Waals surface area contributed by atoms with Crippen molar-refractivity contribution in [1.82, 2.24) is 34.9 Å². The van der Waals surface area contributed by atoms with Crippen LogP contribution < -0.4 is 10.6 Å². The van der Waals surface area contributed by atoms with Crippen molar-refractivity contribution < 1.29 is 0 Å². The van der Waals surface area contributed by atoms with E-state index < -0.39 is 0 Å². The molecule has 0 fully saturated rings. The predicted octanol–water partition coefficient (Wildman–Crippen LogP) is 3.60. The highest BCUT2D eigenvalue weighted by atomic mass is 127. The first kappa shape index (κ1) is 24.4. The summed E-state index contributed by atoms with van der Waals surface area (Å²) in [4.78, 5) is 13.2. The van der Waals surface area contributed by atoms with E-state index in [4.69, 9.17) is 4.99 Å². The number of imidazole rings is 1. The van der Waals surface area contributed by atoms with E-state index in [2.05, 4.69) is 85.7 Å². The van der Waals surface area contributed by atoms with Gasteiger partial charge in [-0.05, 0) is 29.2 Å². The number of nitrogens with one attached hydrogen (secondary N) is 2. The average molecular weight is 556 g/mol. The molecule has 9 heteroatoms. The second-order valence-electron chi connectivity index (χ2n) is 7.44. The van der Waals surface area contributed by atoms with E-state index >= 15 is 0 Å². The highest BCUT2D eigenvalue weighted by molar-refractivity contribution is 14.0. The molecule has 2 N–H and O–H groups in total. The molecule has 0 saturated heterocycles. The van der Waals surface area contributed by atoms with E-state index in [0.717, 1.165) is 24.9 Å². The standard InChI is InChI=1S/C24H28N8.HI/c1-3-26-24(28-15-23-29-17-30-31(23)2)27-14-21-6-4-5-7-22(21)20-10-8-19(9-11-20)16-32-13-12-25-18-32;/h4-13,17-18H,3,14-16H2,1-2H3,(H2,26,27,28);1H. The summed E-state index contributed by atoms with van der Waals surface area (Å²) in [5.74, 6) is 1.60. The molecule has 0 saturated carbocycles. The Hall–Kier alpha value is -3.21. The lowest BCUT2D eigenvalue weighted by atomic mass is 9.98. The van der Waals surface area contributed by atoms with Crippen molar-refractivity contribution in [2.75, 3.05) is 6.54 Å². The van der Waals surface area contributed by atoms with E-state index in [1.54, 1.807) is 17.2 Å². The molecule has 172 valence electrons. The second-order valence-corrected chi connectivity index (χ2v) is 7.44. The van der Waals surface area contributed by atoms with Gasteiger partial charge in [-0.25, -0.2) is 15.0 Å². The lowest BCUT2D eigenvalue weighted by Crippen LogP contribution is -2.37. The predicted molar refractivity (Wildman–Crippen MR) is 141 cm³/mol. The molecule has 0 spiro atoms. The van der Waals surface area contributed by atoms with Crippen molar-refractivity contribution >= 4 is 29.9 Å². The van der Waals surface area contributed by atoms with E-state index in [9.17, 15) is 0 Å². The van der Waals surface area contributed by atoms with Gasteiger partial charge in [0.15, 0.2) is 5.96 Å². The minimum atomic E-state index is 0. The molecule has 2 aromatic carbocycles. The SMILES string of the molecule is CCNC(=NCc1ccccc1-c1ccc(Cn2ccnc2)cc1)NCc1ncnn1C.I. The molecule has 0 atom stereocenters. The van der Waals surface area contributed by atoms with Crippen LogP contribution in [0.3, 0.4) is 0 Å². The Labute approximate surface area is 211 Å². The van der Waals surface area contributed by atoms with Crippen LogP contribution in [-0.2, 0) is 26.7 Å². The first-order chi connectivity index (χ1) is 15.7. The van der Waals surface area contributed by atoms with E-state index in [1.165, 1.54) is 22.3 Å². The summed E-state index contributed by atoms with van der Waals surface area (Å²) < 4.78 is 3.82. The number of aromatic nitrogens is 5. The minimum absolute atomic E-state index is 0. The second kappa shape index (κ2) is 12.1. The van der Waals surface area contributed by atoms with Crippen molar-refractivity contribution in [3.05, 3.63) is 90.5 Å². The highest BCUT2D eigenvalue weighted by Gasteiger charge is 2.07. The number of aliphatic imine (C=N–C) groups is 1. The molecule has 0 unspecified atom stereocenters. The first-order valence-electron chi connectivity index (χ1n) is 10.7. The van der Waals surface area contributed by atoms with Crippen LogP contribution in [0, 0.1) is 0 Å². The zero-order valence-corrected chi connectivity index (χ0v) is 21.2. The monoisotopic (exact) mass is 556 g/mol. The summed E-state index contributed by atoms with van der Waals surface area (Å²) in [6, 6.07) is 17.1. The van der Waals surface area contributed by atoms with Gasteiger partial charge in [-0.15, -0.1) is 24.0 Å². The number of halogens is 1. The van der Waals surface area contributed by atoms with Crippen molar-refractivity contribution in [3.8, 4) is 11.1 Å². The van der Waals surface area contributed by atoms with Crippen LogP contribution in [-0.4, -0.2) is 36.8 Å². The third kappa shape index (κ3) is 6.64. The zero-order chi connectivity index (χ0) is 22.2. The topological polar surface area (TPSA) is 84.9 Å². The molecule has 0 radical (unpaired) electrons. The maximum absolute atomic E-state index is 4.79. The van der Waals surface area contributed by atoms with Crippen LogP contribution in [0.25, 0.3) is 11.1 Å². The molecule has 0 amide bonds. The molecule has 0 bridgehead atoms. The number of benzene rings is 2. The fraction of sp³-hybridized carbons (Fsp3) is 0.250. The Morgan fingerprint density at radius 3 is 2.58 bits per heavy atom. The van der Waals surface area contributed by atoms with Gasteiger partial charge in [-0.1, -0.05) is 48.5 Å². The maximum Gasteiger partial charge on any atom is 0.191 e. The summed E-state index contributed by atoms with van der Waals surface area (Å²) in [5.41, 5.74) is 4.78. The van der Waals surface area contributed by atoms with Gasteiger partial charge in [0, 0.05) is 32.5 Å². The largest absolute Gasteiger partial charge is 0.357 e. The Balaban J connectivity index is 0.00000306. The van der Waals surface area contributed by atoms with Gasteiger partial charge in [0.2, 0.25) is 0 Å². The Bertz CT molecular complexity index is 1150. The molecule has 2 heterocycles. The number of nitrogens with zero attached hydrogens (tertiary/aromatic N) is 6. The smallest absolute Gasteiger partial charge is 0.191 e. The van der Waals surface area contributed by atoms with Crippen LogP contribution >= 0.6 is 24.0 Å². The summed E-state index contributed by atoms with van der Waals surface area (Å²) >= 11 is 0. The fourth-order valence-corrected chi connectivity index (χ4v) is 3.47. The molecule has 2 aromatic heterocycles. The van der Waals surface area contributed by atoms with Gasteiger partial charge in [0.1, 0.15) is 12.2 Å². The molecular weight excluding hydrogens is 527 g/mol. The first-order valence-corrected chi connectivity index (χ1v) is 10.7.